The number of rotatable bonds is 4. The number of thioether (sulfide) groups is 1. The minimum atomic E-state index is 0.231. The monoisotopic (exact) mass is 174 g/mol. The Labute approximate surface area is 73.9 Å². The molecule has 0 heterocycles. The highest BCUT2D eigenvalue weighted by Gasteiger charge is 2.13. The average Bonchev–Trinajstić information content (AvgIpc) is 2.02. The standard InChI is InChI=1S/C9H18OS/c1-5-7(3)9(10)11-8(4)6-2/h7-8H,5-6H2,1-4H3/t7-,8-/m1/s1. The molecule has 0 saturated carbocycles. The molecule has 0 spiro atoms. The van der Waals surface area contributed by atoms with Gasteiger partial charge in [-0.15, -0.1) is 0 Å². The van der Waals surface area contributed by atoms with Crippen LogP contribution in [0.3, 0.4) is 0 Å². The van der Waals surface area contributed by atoms with Gasteiger partial charge in [0.15, 0.2) is 5.12 Å². The molecule has 0 N–H and O–H groups in total. The Hall–Kier alpha value is 0.0200. The summed E-state index contributed by atoms with van der Waals surface area (Å²) in [6, 6.07) is 0. The van der Waals surface area contributed by atoms with Crippen LogP contribution in [0.2, 0.25) is 0 Å². The molecule has 0 aliphatic heterocycles. The van der Waals surface area contributed by atoms with E-state index in [4.69, 9.17) is 0 Å². The van der Waals surface area contributed by atoms with Crippen LogP contribution in [-0.4, -0.2) is 10.4 Å². The van der Waals surface area contributed by atoms with Crippen molar-refractivity contribution in [2.45, 2.75) is 45.8 Å². The van der Waals surface area contributed by atoms with Gasteiger partial charge in [-0.25, -0.2) is 0 Å². The first-order chi connectivity index (χ1) is 5.11. The lowest BCUT2D eigenvalue weighted by Gasteiger charge is -2.10. The minimum Gasteiger partial charge on any atom is -0.287 e. The van der Waals surface area contributed by atoms with E-state index < -0.39 is 0 Å². The molecule has 0 aromatic carbocycles. The van der Waals surface area contributed by atoms with Gasteiger partial charge in [0.2, 0.25) is 0 Å². The first-order valence-electron chi connectivity index (χ1n) is 4.32. The molecule has 66 valence electrons. The summed E-state index contributed by atoms with van der Waals surface area (Å²) in [6.07, 6.45) is 2.04. The zero-order chi connectivity index (χ0) is 8.85. The van der Waals surface area contributed by atoms with Gasteiger partial charge in [0.1, 0.15) is 0 Å². The largest absolute Gasteiger partial charge is 0.287 e. The van der Waals surface area contributed by atoms with Gasteiger partial charge >= 0.3 is 0 Å². The van der Waals surface area contributed by atoms with E-state index in [1.807, 2.05) is 6.92 Å². The van der Waals surface area contributed by atoms with E-state index in [9.17, 15) is 4.79 Å². The van der Waals surface area contributed by atoms with E-state index in [0.717, 1.165) is 12.8 Å². The molecule has 2 atom stereocenters. The van der Waals surface area contributed by atoms with Crippen molar-refractivity contribution in [2.24, 2.45) is 5.92 Å². The van der Waals surface area contributed by atoms with Crippen molar-refractivity contribution < 1.29 is 4.79 Å². The second-order valence-corrected chi connectivity index (χ2v) is 4.41. The first-order valence-corrected chi connectivity index (χ1v) is 5.20. The highest BCUT2D eigenvalue weighted by atomic mass is 32.2. The van der Waals surface area contributed by atoms with Crippen molar-refractivity contribution in [1.29, 1.82) is 0 Å². The summed E-state index contributed by atoms with van der Waals surface area (Å²) in [4.78, 5) is 11.3. The highest BCUT2D eigenvalue weighted by molar-refractivity contribution is 8.14. The number of carbonyl (C=O) groups excluding carboxylic acids is 1. The molecule has 0 amide bonds. The summed E-state index contributed by atoms with van der Waals surface area (Å²) < 4.78 is 0. The number of hydrogen-bond donors (Lipinski definition) is 0. The molecular weight excluding hydrogens is 156 g/mol. The van der Waals surface area contributed by atoms with Crippen LogP contribution in [0.25, 0.3) is 0 Å². The molecule has 0 aromatic rings. The molecule has 0 saturated heterocycles. The Kier molecular flexibility index (Phi) is 5.65. The number of hydrogen-bond acceptors (Lipinski definition) is 2. The van der Waals surface area contributed by atoms with Crippen molar-refractivity contribution in [3.05, 3.63) is 0 Å². The van der Waals surface area contributed by atoms with E-state index in [1.165, 1.54) is 11.8 Å². The first kappa shape index (κ1) is 11.0. The third-order valence-electron chi connectivity index (χ3n) is 1.91. The van der Waals surface area contributed by atoms with Crippen LogP contribution in [-0.2, 0) is 4.79 Å². The maximum Gasteiger partial charge on any atom is 0.191 e. The van der Waals surface area contributed by atoms with Crippen LogP contribution in [0.5, 0.6) is 0 Å². The van der Waals surface area contributed by atoms with E-state index >= 15 is 0 Å². The minimum absolute atomic E-state index is 0.231. The van der Waals surface area contributed by atoms with E-state index in [1.54, 1.807) is 0 Å². The second-order valence-electron chi connectivity index (χ2n) is 2.97. The molecule has 0 radical (unpaired) electrons. The van der Waals surface area contributed by atoms with Gasteiger partial charge in [0, 0.05) is 11.2 Å². The molecule has 0 aromatic heterocycles. The maximum atomic E-state index is 11.3. The molecule has 0 aliphatic carbocycles. The van der Waals surface area contributed by atoms with Gasteiger partial charge in [-0.3, -0.25) is 4.79 Å². The molecule has 0 rings (SSSR count). The Morgan fingerprint density at radius 3 is 2.18 bits per heavy atom. The fourth-order valence-electron chi connectivity index (χ4n) is 0.564. The molecule has 2 heteroatoms. The molecule has 0 bridgehead atoms. The Morgan fingerprint density at radius 2 is 1.82 bits per heavy atom. The fraction of sp³-hybridized carbons (Fsp3) is 0.889. The predicted octanol–water partition coefficient (Wildman–Crippen LogP) is 3.09. The lowest BCUT2D eigenvalue weighted by atomic mass is 10.1. The Balaban J connectivity index is 3.68. The smallest absolute Gasteiger partial charge is 0.191 e. The molecule has 0 fully saturated rings. The normalized spacial score (nSPS) is 16.0. The predicted molar refractivity (Wildman–Crippen MR) is 51.8 cm³/mol. The summed E-state index contributed by atoms with van der Waals surface area (Å²) in [5.41, 5.74) is 0. The van der Waals surface area contributed by atoms with Gasteiger partial charge in [-0.2, -0.15) is 0 Å². The maximum absolute atomic E-state index is 11.3. The van der Waals surface area contributed by atoms with Crippen LogP contribution in [0.4, 0.5) is 0 Å². The van der Waals surface area contributed by atoms with Gasteiger partial charge in [-0.05, 0) is 12.8 Å². The van der Waals surface area contributed by atoms with Crippen molar-refractivity contribution in [1.82, 2.24) is 0 Å². The van der Waals surface area contributed by atoms with Crippen LogP contribution < -0.4 is 0 Å². The fourth-order valence-corrected chi connectivity index (χ4v) is 1.53. The molecule has 0 aliphatic rings. The van der Waals surface area contributed by atoms with Crippen LogP contribution >= 0.6 is 11.8 Å². The lowest BCUT2D eigenvalue weighted by Crippen LogP contribution is -2.09. The van der Waals surface area contributed by atoms with E-state index in [-0.39, 0.29) is 5.92 Å². The van der Waals surface area contributed by atoms with E-state index in [0.29, 0.717) is 10.4 Å². The third kappa shape index (κ3) is 4.46. The van der Waals surface area contributed by atoms with Crippen LogP contribution in [0, 0.1) is 5.92 Å². The topological polar surface area (TPSA) is 17.1 Å². The SMILES string of the molecule is CC[C@@H](C)SC(=O)[C@H](C)CC. The third-order valence-corrected chi connectivity index (χ3v) is 3.28. The van der Waals surface area contributed by atoms with Gasteiger partial charge in [0.25, 0.3) is 0 Å². The highest BCUT2D eigenvalue weighted by Crippen LogP contribution is 2.20. The number of carbonyl (C=O) groups is 1. The van der Waals surface area contributed by atoms with Crippen molar-refractivity contribution in [3.63, 3.8) is 0 Å². The zero-order valence-corrected chi connectivity index (χ0v) is 8.70. The lowest BCUT2D eigenvalue weighted by molar-refractivity contribution is -0.114. The van der Waals surface area contributed by atoms with Crippen molar-refractivity contribution >= 4 is 16.9 Å². The summed E-state index contributed by atoms with van der Waals surface area (Å²) >= 11 is 1.49. The Bertz CT molecular complexity index is 123. The van der Waals surface area contributed by atoms with Gasteiger partial charge < -0.3 is 0 Å². The second kappa shape index (κ2) is 5.64. The molecular formula is C9H18OS. The molecule has 11 heavy (non-hydrogen) atoms. The summed E-state index contributed by atoms with van der Waals surface area (Å²) in [7, 11) is 0. The molecule has 0 unspecified atom stereocenters. The average molecular weight is 174 g/mol. The summed E-state index contributed by atoms with van der Waals surface area (Å²) in [6.45, 7) is 8.27. The van der Waals surface area contributed by atoms with Gasteiger partial charge in [-0.1, -0.05) is 39.5 Å². The zero-order valence-electron chi connectivity index (χ0n) is 7.89. The van der Waals surface area contributed by atoms with Gasteiger partial charge in [0.05, 0.1) is 0 Å². The quantitative estimate of drug-likeness (QED) is 0.651. The van der Waals surface area contributed by atoms with E-state index in [2.05, 4.69) is 20.8 Å². The summed E-state index contributed by atoms with van der Waals surface area (Å²) in [5.74, 6) is 0.231. The van der Waals surface area contributed by atoms with Crippen molar-refractivity contribution in [3.8, 4) is 0 Å². The van der Waals surface area contributed by atoms with Crippen molar-refractivity contribution in [2.75, 3.05) is 0 Å². The Morgan fingerprint density at radius 1 is 1.27 bits per heavy atom. The summed E-state index contributed by atoms with van der Waals surface area (Å²) in [5, 5.41) is 0.832. The van der Waals surface area contributed by atoms with Crippen LogP contribution in [0.15, 0.2) is 0 Å². The molecule has 1 nitrogen and oxygen atoms in total. The van der Waals surface area contributed by atoms with Crippen LogP contribution in [0.1, 0.15) is 40.5 Å².